The molecule has 1 spiro atoms. The van der Waals surface area contributed by atoms with E-state index in [0.717, 1.165) is 31.3 Å². The van der Waals surface area contributed by atoms with E-state index in [-0.39, 0.29) is 11.5 Å². The Labute approximate surface area is 164 Å². The molecular weight excluding hydrogens is 338 g/mol. The molecule has 1 saturated heterocycles. The fraction of sp³-hybridized carbons (Fsp3) is 0.696. The van der Waals surface area contributed by atoms with Crippen LogP contribution in [0.15, 0.2) is 24.3 Å². The first-order chi connectivity index (χ1) is 13.1. The molecule has 3 rings (SSSR count). The molecule has 1 aromatic rings. The Morgan fingerprint density at radius 1 is 1.11 bits per heavy atom. The topological polar surface area (TPSA) is 38.8 Å². The smallest absolute Gasteiger partial charge is 0.253 e. The Morgan fingerprint density at radius 3 is 2.48 bits per heavy atom. The van der Waals surface area contributed by atoms with Crippen LogP contribution >= 0.6 is 0 Å². The van der Waals surface area contributed by atoms with Gasteiger partial charge in [0.15, 0.2) is 0 Å². The predicted molar refractivity (Wildman–Crippen MR) is 108 cm³/mol. The summed E-state index contributed by atoms with van der Waals surface area (Å²) in [5, 5.41) is 0. The summed E-state index contributed by atoms with van der Waals surface area (Å²) < 4.78 is 11.8. The summed E-state index contributed by atoms with van der Waals surface area (Å²) in [5.74, 6) is 1.77. The monoisotopic (exact) mass is 373 g/mol. The molecule has 0 N–H and O–H groups in total. The lowest BCUT2D eigenvalue weighted by Crippen LogP contribution is -2.33. The summed E-state index contributed by atoms with van der Waals surface area (Å²) in [6.07, 6.45) is 12.8. The van der Waals surface area contributed by atoms with Crippen molar-refractivity contribution in [2.24, 2.45) is 5.92 Å². The Morgan fingerprint density at radius 2 is 1.85 bits per heavy atom. The van der Waals surface area contributed by atoms with Crippen LogP contribution in [-0.4, -0.2) is 43.7 Å². The Hall–Kier alpha value is -1.55. The lowest BCUT2D eigenvalue weighted by Gasteiger charge is -2.36. The second kappa shape index (κ2) is 9.59. The third kappa shape index (κ3) is 5.71. The van der Waals surface area contributed by atoms with E-state index in [4.69, 9.17) is 9.47 Å². The van der Waals surface area contributed by atoms with E-state index in [1.807, 2.05) is 24.3 Å². The summed E-state index contributed by atoms with van der Waals surface area (Å²) >= 11 is 0. The van der Waals surface area contributed by atoms with E-state index in [1.54, 1.807) is 19.0 Å². The zero-order chi connectivity index (χ0) is 19.1. The number of rotatable bonds is 8. The van der Waals surface area contributed by atoms with Crippen LogP contribution in [0.2, 0.25) is 0 Å². The number of carbonyl (C=O) groups excluding carboxylic acids is 1. The number of nitrogens with zero attached hydrogens (tertiary/aromatic N) is 1. The van der Waals surface area contributed by atoms with Gasteiger partial charge >= 0.3 is 0 Å². The summed E-state index contributed by atoms with van der Waals surface area (Å²) in [6, 6.07) is 7.45. The summed E-state index contributed by atoms with van der Waals surface area (Å²) in [4.78, 5) is 13.5. The van der Waals surface area contributed by atoms with Crippen molar-refractivity contribution >= 4 is 5.91 Å². The average molecular weight is 374 g/mol. The molecule has 1 amide bonds. The van der Waals surface area contributed by atoms with Gasteiger partial charge in [0.25, 0.3) is 5.91 Å². The first-order valence-corrected chi connectivity index (χ1v) is 10.7. The Balaban J connectivity index is 1.25. The number of carbonyl (C=O) groups is 1. The van der Waals surface area contributed by atoms with Crippen LogP contribution in [0, 0.1) is 5.92 Å². The van der Waals surface area contributed by atoms with Gasteiger partial charge in [-0.15, -0.1) is 0 Å². The van der Waals surface area contributed by atoms with Crippen LogP contribution in [0.1, 0.15) is 74.6 Å². The van der Waals surface area contributed by atoms with Crippen LogP contribution in [0.25, 0.3) is 0 Å². The highest BCUT2D eigenvalue weighted by atomic mass is 16.5. The van der Waals surface area contributed by atoms with Crippen LogP contribution in [0.4, 0.5) is 0 Å². The molecule has 2 fully saturated rings. The van der Waals surface area contributed by atoms with Gasteiger partial charge in [-0.2, -0.15) is 0 Å². The van der Waals surface area contributed by atoms with Gasteiger partial charge in [-0.25, -0.2) is 0 Å². The van der Waals surface area contributed by atoms with Crippen LogP contribution in [-0.2, 0) is 4.74 Å². The van der Waals surface area contributed by atoms with Crippen molar-refractivity contribution in [1.29, 1.82) is 0 Å². The molecule has 1 aromatic carbocycles. The van der Waals surface area contributed by atoms with Gasteiger partial charge in [-0.3, -0.25) is 4.79 Å². The SMILES string of the molecule is CN(C)C(=O)c1ccc(OCCCCCC2CCC3(CCCO3)CC2)cc1. The van der Waals surface area contributed by atoms with E-state index in [0.29, 0.717) is 5.56 Å². The van der Waals surface area contributed by atoms with Crippen LogP contribution in [0.5, 0.6) is 5.75 Å². The summed E-state index contributed by atoms with van der Waals surface area (Å²) in [5.41, 5.74) is 0.974. The molecular formula is C23H35NO3. The fourth-order valence-corrected chi connectivity index (χ4v) is 4.50. The van der Waals surface area contributed by atoms with Crippen molar-refractivity contribution in [1.82, 2.24) is 4.90 Å². The lowest BCUT2D eigenvalue weighted by atomic mass is 9.76. The minimum Gasteiger partial charge on any atom is -0.494 e. The lowest BCUT2D eigenvalue weighted by molar-refractivity contribution is -0.0355. The normalized spacial score (nSPS) is 24.9. The maximum atomic E-state index is 11.9. The maximum Gasteiger partial charge on any atom is 0.253 e. The van der Waals surface area contributed by atoms with E-state index in [2.05, 4.69) is 0 Å². The van der Waals surface area contributed by atoms with Gasteiger partial charge in [-0.1, -0.05) is 19.3 Å². The number of hydrogen-bond acceptors (Lipinski definition) is 3. The van der Waals surface area contributed by atoms with Gasteiger partial charge in [0.05, 0.1) is 12.2 Å². The quantitative estimate of drug-likeness (QED) is 0.597. The first kappa shape index (κ1) is 20.2. The van der Waals surface area contributed by atoms with Crippen molar-refractivity contribution in [3.8, 4) is 5.75 Å². The second-order valence-electron chi connectivity index (χ2n) is 8.50. The number of unbranched alkanes of at least 4 members (excludes halogenated alkanes) is 2. The molecule has 0 atom stereocenters. The van der Waals surface area contributed by atoms with Crippen molar-refractivity contribution in [3.05, 3.63) is 29.8 Å². The summed E-state index contributed by atoms with van der Waals surface area (Å²) in [6.45, 7) is 1.74. The molecule has 4 nitrogen and oxygen atoms in total. The highest BCUT2D eigenvalue weighted by molar-refractivity contribution is 5.93. The van der Waals surface area contributed by atoms with Crippen molar-refractivity contribution in [3.63, 3.8) is 0 Å². The molecule has 0 radical (unpaired) electrons. The molecule has 1 saturated carbocycles. The van der Waals surface area contributed by atoms with Gasteiger partial charge in [0, 0.05) is 26.3 Å². The number of benzene rings is 1. The standard InChI is InChI=1S/C23H35NO3/c1-24(2)22(25)20-8-10-21(11-9-20)26-17-5-3-4-7-19-12-15-23(16-13-19)14-6-18-27-23/h8-11,19H,3-7,12-18H2,1-2H3. The van der Waals surface area contributed by atoms with E-state index in [1.165, 1.54) is 57.8 Å². The van der Waals surface area contributed by atoms with E-state index >= 15 is 0 Å². The van der Waals surface area contributed by atoms with Crippen molar-refractivity contribution in [2.75, 3.05) is 27.3 Å². The van der Waals surface area contributed by atoms with Gasteiger partial charge < -0.3 is 14.4 Å². The molecule has 150 valence electrons. The summed E-state index contributed by atoms with van der Waals surface area (Å²) in [7, 11) is 3.53. The zero-order valence-electron chi connectivity index (χ0n) is 17.0. The van der Waals surface area contributed by atoms with E-state index < -0.39 is 0 Å². The van der Waals surface area contributed by atoms with Gasteiger partial charge in [-0.05, 0) is 75.1 Å². The van der Waals surface area contributed by atoms with E-state index in [9.17, 15) is 4.79 Å². The molecule has 1 aliphatic carbocycles. The number of hydrogen-bond donors (Lipinski definition) is 0. The zero-order valence-corrected chi connectivity index (χ0v) is 17.0. The molecule has 2 aliphatic rings. The van der Waals surface area contributed by atoms with Crippen LogP contribution in [0.3, 0.4) is 0 Å². The average Bonchev–Trinajstić information content (AvgIpc) is 3.14. The third-order valence-electron chi connectivity index (χ3n) is 6.23. The molecule has 0 unspecified atom stereocenters. The molecule has 1 aliphatic heterocycles. The van der Waals surface area contributed by atoms with Gasteiger partial charge in [0.1, 0.15) is 5.75 Å². The first-order valence-electron chi connectivity index (χ1n) is 10.7. The minimum atomic E-state index is 0.0228. The Bertz CT molecular complexity index is 580. The van der Waals surface area contributed by atoms with Gasteiger partial charge in [0.2, 0.25) is 0 Å². The molecule has 0 bridgehead atoms. The van der Waals surface area contributed by atoms with Crippen molar-refractivity contribution < 1.29 is 14.3 Å². The largest absolute Gasteiger partial charge is 0.494 e. The molecule has 0 aromatic heterocycles. The van der Waals surface area contributed by atoms with Crippen molar-refractivity contribution in [2.45, 2.75) is 69.8 Å². The highest BCUT2D eigenvalue weighted by Crippen LogP contribution is 2.42. The minimum absolute atomic E-state index is 0.0228. The number of amides is 1. The maximum absolute atomic E-state index is 11.9. The molecule has 4 heteroatoms. The Kier molecular flexibility index (Phi) is 7.17. The molecule has 27 heavy (non-hydrogen) atoms. The third-order valence-corrected chi connectivity index (χ3v) is 6.23. The predicted octanol–water partition coefficient (Wildman–Crippen LogP) is 5.07. The highest BCUT2D eigenvalue weighted by Gasteiger charge is 2.38. The molecule has 1 heterocycles. The number of ether oxygens (including phenoxy) is 2. The van der Waals surface area contributed by atoms with Crippen LogP contribution < -0.4 is 4.74 Å². The fourth-order valence-electron chi connectivity index (χ4n) is 4.50. The second-order valence-corrected chi connectivity index (χ2v) is 8.50.